The number of hydrogen-bond acceptors (Lipinski definition) is 4. The van der Waals surface area contributed by atoms with Gasteiger partial charge in [0.05, 0.1) is 23.5 Å². The van der Waals surface area contributed by atoms with Crippen molar-refractivity contribution in [3.8, 4) is 0 Å². The van der Waals surface area contributed by atoms with Crippen LogP contribution in [0.2, 0.25) is 10.0 Å². The summed E-state index contributed by atoms with van der Waals surface area (Å²) in [6.07, 6.45) is 0. The Labute approximate surface area is 115 Å². The van der Waals surface area contributed by atoms with Gasteiger partial charge in [0.15, 0.2) is 0 Å². The third-order valence-corrected chi connectivity index (χ3v) is 4.26. The van der Waals surface area contributed by atoms with Crippen LogP contribution < -0.4 is 5.73 Å². The highest BCUT2D eigenvalue weighted by molar-refractivity contribution is 8.00. The lowest BCUT2D eigenvalue weighted by Crippen LogP contribution is -2.38. The first-order valence-corrected chi connectivity index (χ1v) is 6.69. The molecule has 0 bridgehead atoms. The molecule has 0 fully saturated rings. The summed E-state index contributed by atoms with van der Waals surface area (Å²) in [5, 5.41) is 10.3. The molecule has 0 aromatic heterocycles. The van der Waals surface area contributed by atoms with Crippen molar-refractivity contribution in [1.29, 1.82) is 0 Å². The lowest BCUT2D eigenvalue weighted by atomic mass is 10.2. The molecule has 0 heterocycles. The quantitative estimate of drug-likeness (QED) is 0.792. The first kappa shape index (κ1) is 15.1. The summed E-state index contributed by atoms with van der Waals surface area (Å²) in [7, 11) is 1.57. The zero-order valence-electron chi connectivity index (χ0n) is 9.40. The number of aliphatic hydroxyl groups is 1. The van der Waals surface area contributed by atoms with Gasteiger partial charge in [0, 0.05) is 23.1 Å². The summed E-state index contributed by atoms with van der Waals surface area (Å²) < 4.78 is 4.97. The van der Waals surface area contributed by atoms with E-state index >= 15 is 0 Å². The van der Waals surface area contributed by atoms with Gasteiger partial charge in [0.25, 0.3) is 0 Å². The van der Waals surface area contributed by atoms with E-state index in [1.165, 1.54) is 11.8 Å². The van der Waals surface area contributed by atoms with Crippen molar-refractivity contribution in [1.82, 2.24) is 0 Å². The highest BCUT2D eigenvalue weighted by Gasteiger charge is 2.19. The highest BCUT2D eigenvalue weighted by atomic mass is 35.5. The number of ether oxygens (including phenoxy) is 1. The Morgan fingerprint density at radius 3 is 2.76 bits per heavy atom. The molecule has 3 nitrogen and oxygen atoms in total. The molecule has 0 spiro atoms. The fourth-order valence-electron chi connectivity index (χ4n) is 1.29. The van der Waals surface area contributed by atoms with Crippen LogP contribution in [0.3, 0.4) is 0 Å². The smallest absolute Gasteiger partial charge is 0.0625 e. The Balaban J connectivity index is 2.76. The van der Waals surface area contributed by atoms with Gasteiger partial charge in [-0.15, -0.1) is 11.8 Å². The number of halogens is 2. The maximum Gasteiger partial charge on any atom is 0.0625 e. The van der Waals surface area contributed by atoms with Crippen LogP contribution in [0, 0.1) is 0 Å². The molecule has 0 saturated heterocycles. The number of benzene rings is 1. The fraction of sp³-hybridized carbons (Fsp3) is 0.455. The number of hydrogen-bond donors (Lipinski definition) is 2. The van der Waals surface area contributed by atoms with E-state index in [1.807, 2.05) is 0 Å². The molecule has 2 unspecified atom stereocenters. The lowest BCUT2D eigenvalue weighted by Gasteiger charge is -2.21. The van der Waals surface area contributed by atoms with Crippen LogP contribution in [-0.2, 0) is 4.74 Å². The standard InChI is InChI=1S/C11H15Cl2NO2S/c1-16-6-9(14)11(5-15)17-10-4-7(12)2-3-8(10)13/h2-4,9,11,15H,5-6,14H2,1H3. The van der Waals surface area contributed by atoms with E-state index in [1.54, 1.807) is 25.3 Å². The van der Waals surface area contributed by atoms with Crippen LogP contribution >= 0.6 is 35.0 Å². The highest BCUT2D eigenvalue weighted by Crippen LogP contribution is 2.33. The molecule has 2 atom stereocenters. The molecule has 0 saturated carbocycles. The molecular weight excluding hydrogens is 281 g/mol. The van der Waals surface area contributed by atoms with Gasteiger partial charge < -0.3 is 15.6 Å². The SMILES string of the molecule is COCC(N)C(CO)Sc1cc(Cl)ccc1Cl. The summed E-state index contributed by atoms with van der Waals surface area (Å²) >= 11 is 13.3. The average Bonchev–Trinajstić information content (AvgIpc) is 2.30. The monoisotopic (exact) mass is 295 g/mol. The minimum Gasteiger partial charge on any atom is -0.395 e. The average molecular weight is 296 g/mol. The van der Waals surface area contributed by atoms with Gasteiger partial charge in [-0.3, -0.25) is 0 Å². The number of rotatable bonds is 6. The Morgan fingerprint density at radius 2 is 2.18 bits per heavy atom. The molecule has 0 amide bonds. The van der Waals surface area contributed by atoms with Gasteiger partial charge in [-0.05, 0) is 18.2 Å². The van der Waals surface area contributed by atoms with E-state index < -0.39 is 0 Å². The number of nitrogens with two attached hydrogens (primary N) is 1. The van der Waals surface area contributed by atoms with Crippen molar-refractivity contribution in [2.24, 2.45) is 5.73 Å². The molecule has 0 aliphatic heterocycles. The van der Waals surface area contributed by atoms with Crippen LogP contribution in [-0.4, -0.2) is 36.7 Å². The summed E-state index contributed by atoms with van der Waals surface area (Å²) in [5.74, 6) is 0. The first-order chi connectivity index (χ1) is 8.08. The summed E-state index contributed by atoms with van der Waals surface area (Å²) in [6.45, 7) is 0.342. The second kappa shape index (κ2) is 7.46. The number of aliphatic hydroxyl groups excluding tert-OH is 1. The fourth-order valence-corrected chi connectivity index (χ4v) is 2.81. The van der Waals surface area contributed by atoms with Gasteiger partial charge in [-0.2, -0.15) is 0 Å². The first-order valence-electron chi connectivity index (χ1n) is 5.05. The van der Waals surface area contributed by atoms with Crippen molar-refractivity contribution < 1.29 is 9.84 Å². The van der Waals surface area contributed by atoms with Crippen LogP contribution in [0.1, 0.15) is 0 Å². The second-order valence-electron chi connectivity index (χ2n) is 3.53. The Bertz CT molecular complexity index is 365. The molecule has 1 rings (SSSR count). The summed E-state index contributed by atoms with van der Waals surface area (Å²) in [6, 6.07) is 4.95. The molecule has 96 valence electrons. The van der Waals surface area contributed by atoms with E-state index in [0.717, 1.165) is 4.90 Å². The molecule has 0 aliphatic rings. The van der Waals surface area contributed by atoms with E-state index in [9.17, 15) is 5.11 Å². The number of thioether (sulfide) groups is 1. The Hall–Kier alpha value is 0.0300. The van der Waals surface area contributed by atoms with Crippen LogP contribution in [0.5, 0.6) is 0 Å². The summed E-state index contributed by atoms with van der Waals surface area (Å²) in [4.78, 5) is 0.810. The molecule has 17 heavy (non-hydrogen) atoms. The van der Waals surface area contributed by atoms with Crippen molar-refractivity contribution in [2.45, 2.75) is 16.2 Å². The van der Waals surface area contributed by atoms with E-state index in [4.69, 9.17) is 33.7 Å². The van der Waals surface area contributed by atoms with Gasteiger partial charge >= 0.3 is 0 Å². The maximum atomic E-state index is 9.31. The minimum absolute atomic E-state index is 0.0436. The maximum absolute atomic E-state index is 9.31. The minimum atomic E-state index is -0.259. The molecule has 0 aliphatic carbocycles. The van der Waals surface area contributed by atoms with Gasteiger partial charge in [0.2, 0.25) is 0 Å². The third-order valence-electron chi connectivity index (χ3n) is 2.19. The van der Waals surface area contributed by atoms with Crippen LogP contribution in [0.4, 0.5) is 0 Å². The Morgan fingerprint density at radius 1 is 1.47 bits per heavy atom. The molecular formula is C11H15Cl2NO2S. The van der Waals surface area contributed by atoms with Crippen molar-refractivity contribution in [3.63, 3.8) is 0 Å². The molecule has 3 N–H and O–H groups in total. The van der Waals surface area contributed by atoms with E-state index in [2.05, 4.69) is 0 Å². The van der Waals surface area contributed by atoms with Gasteiger partial charge in [0.1, 0.15) is 0 Å². The molecule has 1 aromatic rings. The van der Waals surface area contributed by atoms with Crippen molar-refractivity contribution >= 4 is 35.0 Å². The van der Waals surface area contributed by atoms with Crippen LogP contribution in [0.15, 0.2) is 23.1 Å². The predicted molar refractivity (Wildman–Crippen MR) is 73.0 cm³/mol. The van der Waals surface area contributed by atoms with Crippen molar-refractivity contribution in [3.05, 3.63) is 28.2 Å². The zero-order valence-corrected chi connectivity index (χ0v) is 11.7. The Kier molecular flexibility index (Phi) is 6.62. The topological polar surface area (TPSA) is 55.5 Å². The van der Waals surface area contributed by atoms with E-state index in [-0.39, 0.29) is 17.9 Å². The largest absolute Gasteiger partial charge is 0.395 e. The molecule has 0 radical (unpaired) electrons. The molecule has 6 heteroatoms. The van der Waals surface area contributed by atoms with Gasteiger partial charge in [-0.1, -0.05) is 23.2 Å². The zero-order chi connectivity index (χ0) is 12.8. The van der Waals surface area contributed by atoms with Crippen molar-refractivity contribution in [2.75, 3.05) is 20.3 Å². The normalized spacial score (nSPS) is 14.6. The van der Waals surface area contributed by atoms with E-state index in [0.29, 0.717) is 16.7 Å². The molecule has 1 aromatic carbocycles. The second-order valence-corrected chi connectivity index (χ2v) is 5.66. The third kappa shape index (κ3) is 4.66. The van der Waals surface area contributed by atoms with Crippen LogP contribution in [0.25, 0.3) is 0 Å². The lowest BCUT2D eigenvalue weighted by molar-refractivity contribution is 0.167. The number of methoxy groups -OCH3 is 1. The van der Waals surface area contributed by atoms with Gasteiger partial charge in [-0.25, -0.2) is 0 Å². The predicted octanol–water partition coefficient (Wildman–Crippen LogP) is 2.42. The summed E-state index contributed by atoms with van der Waals surface area (Å²) in [5.41, 5.74) is 5.89.